The number of benzene rings is 3. The van der Waals surface area contributed by atoms with E-state index in [1.807, 2.05) is 0 Å². The molecule has 0 spiro atoms. The maximum Gasteiger partial charge on any atom is 0.323 e. The number of urea groups is 1. The van der Waals surface area contributed by atoms with Crippen molar-refractivity contribution >= 4 is 44.7 Å². The van der Waals surface area contributed by atoms with Crippen LogP contribution in [0.4, 0.5) is 26.2 Å². The van der Waals surface area contributed by atoms with Crippen LogP contribution >= 0.6 is 11.6 Å². The average Bonchev–Trinajstić information content (AvgIpc) is 2.66. The van der Waals surface area contributed by atoms with Gasteiger partial charge in [-0.15, -0.1) is 0 Å². The molecular weight excluding hydrogens is 405 g/mol. The molecule has 0 atom stereocenters. The van der Waals surface area contributed by atoms with Crippen LogP contribution < -0.4 is 15.4 Å². The predicted octanol–water partition coefficient (Wildman–Crippen LogP) is 4.92. The van der Waals surface area contributed by atoms with Crippen molar-refractivity contribution < 1.29 is 17.6 Å². The summed E-state index contributed by atoms with van der Waals surface area (Å²) >= 11 is 5.79. The summed E-state index contributed by atoms with van der Waals surface area (Å²) in [5.41, 5.74) is 1.21. The van der Waals surface area contributed by atoms with Crippen LogP contribution in [0.2, 0.25) is 5.02 Å². The van der Waals surface area contributed by atoms with Gasteiger partial charge in [-0.1, -0.05) is 11.6 Å². The fourth-order valence-corrected chi connectivity index (χ4v) is 3.46. The van der Waals surface area contributed by atoms with Gasteiger partial charge in [-0.05, 0) is 72.8 Å². The second-order valence-corrected chi connectivity index (χ2v) is 7.84. The minimum Gasteiger partial charge on any atom is -0.308 e. The molecule has 0 saturated carbocycles. The first-order valence-electron chi connectivity index (χ1n) is 8.04. The number of hydrogen-bond acceptors (Lipinski definition) is 3. The number of rotatable bonds is 5. The van der Waals surface area contributed by atoms with Gasteiger partial charge in [0.2, 0.25) is 0 Å². The van der Waals surface area contributed by atoms with Crippen LogP contribution in [0.25, 0.3) is 0 Å². The van der Waals surface area contributed by atoms with Crippen LogP contribution in [0.15, 0.2) is 77.7 Å². The highest BCUT2D eigenvalue weighted by Gasteiger charge is 2.14. The summed E-state index contributed by atoms with van der Waals surface area (Å²) in [5, 5.41) is 5.78. The standard InChI is InChI=1S/C19H15ClFN3O3S/c20-13-1-5-15(6-2-13)22-19(25)23-16-9-11-18(12-10-16)28(26,27)24-17-7-3-14(21)4-8-17/h1-12,24H,(H2,22,23,25). The predicted molar refractivity (Wildman–Crippen MR) is 108 cm³/mol. The van der Waals surface area contributed by atoms with Gasteiger partial charge in [0.25, 0.3) is 10.0 Å². The van der Waals surface area contributed by atoms with E-state index in [0.717, 1.165) is 12.1 Å². The van der Waals surface area contributed by atoms with Gasteiger partial charge in [-0.2, -0.15) is 0 Å². The van der Waals surface area contributed by atoms with E-state index in [-0.39, 0.29) is 10.6 Å². The molecule has 0 saturated heterocycles. The molecule has 3 rings (SSSR count). The monoisotopic (exact) mass is 419 g/mol. The summed E-state index contributed by atoms with van der Waals surface area (Å²) < 4.78 is 40.0. The highest BCUT2D eigenvalue weighted by molar-refractivity contribution is 7.92. The maximum absolute atomic E-state index is 12.9. The molecule has 0 heterocycles. The van der Waals surface area contributed by atoms with Crippen molar-refractivity contribution in [3.8, 4) is 0 Å². The third-order valence-electron chi connectivity index (χ3n) is 3.62. The number of carbonyl (C=O) groups is 1. The lowest BCUT2D eigenvalue weighted by molar-refractivity contribution is 0.262. The van der Waals surface area contributed by atoms with E-state index in [2.05, 4.69) is 15.4 Å². The van der Waals surface area contributed by atoms with E-state index in [4.69, 9.17) is 11.6 Å². The summed E-state index contributed by atoms with van der Waals surface area (Å²) in [6, 6.07) is 16.7. The van der Waals surface area contributed by atoms with Crippen molar-refractivity contribution in [3.63, 3.8) is 0 Å². The van der Waals surface area contributed by atoms with Crippen molar-refractivity contribution in [2.45, 2.75) is 4.90 Å². The van der Waals surface area contributed by atoms with E-state index in [9.17, 15) is 17.6 Å². The van der Waals surface area contributed by atoms with E-state index < -0.39 is 21.9 Å². The first-order valence-corrected chi connectivity index (χ1v) is 9.90. The quantitative estimate of drug-likeness (QED) is 0.548. The Kier molecular flexibility index (Phi) is 5.81. The molecule has 28 heavy (non-hydrogen) atoms. The molecule has 3 aromatic carbocycles. The number of halogens is 2. The normalized spacial score (nSPS) is 10.9. The molecule has 2 amide bonds. The summed E-state index contributed by atoms with van der Waals surface area (Å²) in [7, 11) is -3.84. The zero-order valence-corrected chi connectivity index (χ0v) is 15.9. The Balaban J connectivity index is 1.64. The van der Waals surface area contributed by atoms with Gasteiger partial charge in [0.1, 0.15) is 5.82 Å². The molecule has 9 heteroatoms. The Hall–Kier alpha value is -3.10. The second kappa shape index (κ2) is 8.28. The molecule has 144 valence electrons. The summed E-state index contributed by atoms with van der Waals surface area (Å²) in [5.74, 6) is -0.463. The highest BCUT2D eigenvalue weighted by atomic mass is 35.5. The topological polar surface area (TPSA) is 87.3 Å². The molecule has 3 N–H and O–H groups in total. The molecule has 0 aliphatic carbocycles. The van der Waals surface area contributed by atoms with E-state index in [1.165, 1.54) is 36.4 Å². The molecule has 0 fully saturated rings. The number of anilines is 3. The lowest BCUT2D eigenvalue weighted by Crippen LogP contribution is -2.19. The Morgan fingerprint density at radius 3 is 1.75 bits per heavy atom. The minimum atomic E-state index is -3.84. The number of amides is 2. The third kappa shape index (κ3) is 5.21. The third-order valence-corrected chi connectivity index (χ3v) is 5.27. The minimum absolute atomic E-state index is 0.000449. The highest BCUT2D eigenvalue weighted by Crippen LogP contribution is 2.19. The molecule has 6 nitrogen and oxygen atoms in total. The largest absolute Gasteiger partial charge is 0.323 e. The van der Waals surface area contributed by atoms with Crippen LogP contribution in [0, 0.1) is 5.82 Å². The van der Waals surface area contributed by atoms with Gasteiger partial charge in [-0.3, -0.25) is 4.72 Å². The van der Waals surface area contributed by atoms with Crippen LogP contribution in [0.5, 0.6) is 0 Å². The van der Waals surface area contributed by atoms with Gasteiger partial charge in [0.15, 0.2) is 0 Å². The smallest absolute Gasteiger partial charge is 0.308 e. The summed E-state index contributed by atoms with van der Waals surface area (Å²) in [6.45, 7) is 0. The van der Waals surface area contributed by atoms with Crippen molar-refractivity contribution in [2.75, 3.05) is 15.4 Å². The van der Waals surface area contributed by atoms with Gasteiger partial charge in [0, 0.05) is 22.1 Å². The van der Waals surface area contributed by atoms with E-state index >= 15 is 0 Å². The Morgan fingerprint density at radius 1 is 0.750 bits per heavy atom. The van der Waals surface area contributed by atoms with E-state index in [0.29, 0.717) is 16.4 Å². The van der Waals surface area contributed by atoms with Crippen LogP contribution in [0.1, 0.15) is 0 Å². The zero-order valence-electron chi connectivity index (χ0n) is 14.3. The molecule has 0 unspecified atom stereocenters. The molecular formula is C19H15ClFN3O3S. The second-order valence-electron chi connectivity index (χ2n) is 5.72. The fraction of sp³-hybridized carbons (Fsp3) is 0. The van der Waals surface area contributed by atoms with Crippen LogP contribution in [-0.4, -0.2) is 14.4 Å². The number of carbonyl (C=O) groups excluding carboxylic acids is 1. The van der Waals surface area contributed by atoms with Gasteiger partial charge >= 0.3 is 6.03 Å². The first kappa shape index (κ1) is 19.7. The molecule has 0 aromatic heterocycles. The lowest BCUT2D eigenvalue weighted by Gasteiger charge is -2.10. The van der Waals surface area contributed by atoms with Crippen LogP contribution in [-0.2, 0) is 10.0 Å². The summed E-state index contributed by atoms with van der Waals surface area (Å²) in [4.78, 5) is 12.0. The Morgan fingerprint density at radius 2 is 1.21 bits per heavy atom. The molecule has 0 bridgehead atoms. The maximum atomic E-state index is 12.9. The van der Waals surface area contributed by atoms with Crippen molar-refractivity contribution in [1.82, 2.24) is 0 Å². The average molecular weight is 420 g/mol. The van der Waals surface area contributed by atoms with Gasteiger partial charge in [0.05, 0.1) is 4.90 Å². The molecule has 0 radical (unpaired) electrons. The molecule has 0 aliphatic rings. The number of hydrogen-bond donors (Lipinski definition) is 3. The Bertz CT molecular complexity index is 1070. The number of sulfonamides is 1. The SMILES string of the molecule is O=C(Nc1ccc(Cl)cc1)Nc1ccc(S(=O)(=O)Nc2ccc(F)cc2)cc1. The van der Waals surface area contributed by atoms with Crippen molar-refractivity contribution in [2.24, 2.45) is 0 Å². The fourth-order valence-electron chi connectivity index (χ4n) is 2.28. The Labute approximate surface area is 166 Å². The van der Waals surface area contributed by atoms with Gasteiger partial charge in [-0.25, -0.2) is 17.6 Å². The molecule has 0 aliphatic heterocycles. The van der Waals surface area contributed by atoms with Crippen molar-refractivity contribution in [3.05, 3.63) is 83.6 Å². The van der Waals surface area contributed by atoms with Gasteiger partial charge < -0.3 is 10.6 Å². The summed E-state index contributed by atoms with van der Waals surface area (Å²) in [6.07, 6.45) is 0. The zero-order chi connectivity index (χ0) is 20.1. The van der Waals surface area contributed by atoms with E-state index in [1.54, 1.807) is 24.3 Å². The first-order chi connectivity index (χ1) is 13.3. The lowest BCUT2D eigenvalue weighted by atomic mass is 10.3. The van der Waals surface area contributed by atoms with Crippen molar-refractivity contribution in [1.29, 1.82) is 0 Å². The molecule has 3 aromatic rings. The number of nitrogens with one attached hydrogen (secondary N) is 3. The van der Waals surface area contributed by atoms with Crippen LogP contribution in [0.3, 0.4) is 0 Å².